The van der Waals surface area contributed by atoms with Crippen molar-refractivity contribution in [3.63, 3.8) is 0 Å². The van der Waals surface area contributed by atoms with Crippen LogP contribution < -0.4 is 40.8 Å². The molecule has 2 heterocycles. The largest absolute Gasteiger partial charge is 1.00 e. The number of aromatic nitrogens is 2. The first kappa shape index (κ1) is 19.7. The number of aliphatic hydroxyl groups excluding tert-OH is 2. The van der Waals surface area contributed by atoms with E-state index in [2.05, 4.69) is 4.52 Å². The molecule has 22 heavy (non-hydrogen) atoms. The summed E-state index contributed by atoms with van der Waals surface area (Å²) in [6.45, 7) is -0.683. The zero-order valence-electron chi connectivity index (χ0n) is 12.4. The Labute approximate surface area is 146 Å². The summed E-state index contributed by atoms with van der Waals surface area (Å²) >= 11 is 0. The average molecular weight is 348 g/mol. The van der Waals surface area contributed by atoms with Gasteiger partial charge in [-0.3, -0.25) is 18.9 Å². The Morgan fingerprint density at radius 2 is 2.00 bits per heavy atom. The summed E-state index contributed by atoms with van der Waals surface area (Å²) in [6.07, 6.45) is -4.58. The van der Waals surface area contributed by atoms with Gasteiger partial charge in [-0.25, -0.2) is 9.36 Å². The van der Waals surface area contributed by atoms with Crippen LogP contribution in [0, 0.1) is 0 Å². The summed E-state index contributed by atoms with van der Waals surface area (Å²) < 4.78 is 20.8. The summed E-state index contributed by atoms with van der Waals surface area (Å²) in [6, 6.07) is 1.02. The molecule has 13 heteroatoms. The first-order chi connectivity index (χ1) is 9.69. The standard InChI is InChI=1S/C9H13N2O9P.Na.H/c12-5-1-2-11(9(15)10-5)8-7(14)6(13)4(20-8)3-19-21(16,17)18;;/h1-2,4,6-8,13-14H,3H2,(H,10,12,15)(H2,16,17,18);;/q;+1;-1/t4-,6?,7?,8-;;/m0../s1. The molecule has 0 saturated carbocycles. The van der Waals surface area contributed by atoms with Gasteiger partial charge in [-0.2, -0.15) is 0 Å². The van der Waals surface area contributed by atoms with E-state index in [9.17, 15) is 24.4 Å². The Balaban J connectivity index is 0.00000242. The zero-order valence-corrected chi connectivity index (χ0v) is 14.3. The summed E-state index contributed by atoms with van der Waals surface area (Å²) in [7, 11) is -4.76. The van der Waals surface area contributed by atoms with Gasteiger partial charge in [0.25, 0.3) is 5.56 Å². The smallest absolute Gasteiger partial charge is 1.00 e. The van der Waals surface area contributed by atoms with Gasteiger partial charge in [0.15, 0.2) is 6.23 Å². The molecule has 5 N–H and O–H groups in total. The monoisotopic (exact) mass is 348 g/mol. The van der Waals surface area contributed by atoms with E-state index in [1.165, 1.54) is 0 Å². The number of rotatable bonds is 4. The number of nitrogens with one attached hydrogen (secondary N) is 1. The number of hydrogen-bond donors (Lipinski definition) is 5. The van der Waals surface area contributed by atoms with Crippen LogP contribution in [0.3, 0.4) is 0 Å². The molecule has 0 radical (unpaired) electrons. The SMILES string of the molecule is O=c1ccn([C@H]2O[C@@H](COP(=O)(O)O)C(O)C2O)c(=O)[nH]1.[H-].[Na+]. The van der Waals surface area contributed by atoms with Crippen molar-refractivity contribution in [3.05, 3.63) is 33.1 Å². The third kappa shape index (κ3) is 4.59. The molecule has 1 aromatic heterocycles. The number of aromatic amines is 1. The number of nitrogens with zero attached hydrogens (tertiary/aromatic N) is 1. The van der Waals surface area contributed by atoms with E-state index in [-0.39, 0.29) is 31.0 Å². The van der Waals surface area contributed by atoms with Gasteiger partial charge in [-0.15, -0.1) is 0 Å². The molecule has 11 nitrogen and oxygen atoms in total. The topological polar surface area (TPSA) is 171 Å². The van der Waals surface area contributed by atoms with E-state index in [4.69, 9.17) is 14.5 Å². The second-order valence-electron chi connectivity index (χ2n) is 4.35. The number of phosphoric ester groups is 1. The Kier molecular flexibility index (Phi) is 6.72. The molecule has 120 valence electrons. The van der Waals surface area contributed by atoms with Crippen molar-refractivity contribution in [2.75, 3.05) is 6.61 Å². The Morgan fingerprint density at radius 1 is 1.36 bits per heavy atom. The van der Waals surface area contributed by atoms with Gasteiger partial charge < -0.3 is 26.2 Å². The van der Waals surface area contributed by atoms with Crippen LogP contribution in [0.2, 0.25) is 0 Å². The normalized spacial score (nSPS) is 28.4. The number of H-pyrrole nitrogens is 1. The fourth-order valence-corrected chi connectivity index (χ4v) is 2.24. The third-order valence-corrected chi connectivity index (χ3v) is 3.35. The van der Waals surface area contributed by atoms with Crippen molar-refractivity contribution in [1.82, 2.24) is 9.55 Å². The summed E-state index contributed by atoms with van der Waals surface area (Å²) in [5.41, 5.74) is -1.51. The molecule has 0 bridgehead atoms. The maximum absolute atomic E-state index is 11.6. The van der Waals surface area contributed by atoms with Gasteiger partial charge in [-0.1, -0.05) is 0 Å². The van der Waals surface area contributed by atoms with Gasteiger partial charge >= 0.3 is 43.1 Å². The summed E-state index contributed by atoms with van der Waals surface area (Å²) in [5.74, 6) is 0. The minimum absolute atomic E-state index is 0. The van der Waals surface area contributed by atoms with Crippen molar-refractivity contribution in [1.29, 1.82) is 0 Å². The van der Waals surface area contributed by atoms with Gasteiger partial charge in [0, 0.05) is 12.3 Å². The van der Waals surface area contributed by atoms with Crippen LogP contribution >= 0.6 is 7.82 Å². The first-order valence-corrected chi connectivity index (χ1v) is 7.25. The Morgan fingerprint density at radius 3 is 2.55 bits per heavy atom. The van der Waals surface area contributed by atoms with Gasteiger partial charge in [0.2, 0.25) is 0 Å². The van der Waals surface area contributed by atoms with E-state index >= 15 is 0 Å². The van der Waals surface area contributed by atoms with Gasteiger partial charge in [0.05, 0.1) is 6.61 Å². The minimum Gasteiger partial charge on any atom is -1.00 e. The maximum Gasteiger partial charge on any atom is 1.00 e. The van der Waals surface area contributed by atoms with E-state index in [1.807, 2.05) is 4.98 Å². The van der Waals surface area contributed by atoms with Gasteiger partial charge in [0.1, 0.15) is 18.3 Å². The Hall–Kier alpha value is -0.330. The van der Waals surface area contributed by atoms with Crippen LogP contribution in [0.1, 0.15) is 7.65 Å². The molecule has 1 aliphatic rings. The molecule has 1 fully saturated rings. The van der Waals surface area contributed by atoms with Gasteiger partial charge in [-0.05, 0) is 0 Å². The molecule has 0 aliphatic carbocycles. The average Bonchev–Trinajstić information content (AvgIpc) is 2.64. The third-order valence-electron chi connectivity index (χ3n) is 2.87. The predicted molar refractivity (Wildman–Crippen MR) is 66.4 cm³/mol. The van der Waals surface area contributed by atoms with E-state index < -0.39 is 50.2 Å². The quantitative estimate of drug-likeness (QED) is 0.263. The first-order valence-electron chi connectivity index (χ1n) is 5.72. The molecule has 1 aromatic rings. The zero-order chi connectivity index (χ0) is 15.8. The molecular weight excluding hydrogens is 334 g/mol. The number of phosphoric acid groups is 1. The summed E-state index contributed by atoms with van der Waals surface area (Å²) in [5, 5.41) is 19.6. The molecule has 0 amide bonds. The summed E-state index contributed by atoms with van der Waals surface area (Å²) in [4.78, 5) is 41.6. The fourth-order valence-electron chi connectivity index (χ4n) is 1.89. The molecule has 0 spiro atoms. The maximum atomic E-state index is 11.6. The number of hydrogen-bond acceptors (Lipinski definition) is 7. The van der Waals surface area contributed by atoms with Crippen molar-refractivity contribution >= 4 is 7.82 Å². The van der Waals surface area contributed by atoms with Crippen LogP contribution in [-0.4, -0.2) is 54.5 Å². The molecule has 2 rings (SSSR count). The van der Waals surface area contributed by atoms with Crippen molar-refractivity contribution in [2.45, 2.75) is 24.5 Å². The Bertz CT molecular complexity index is 675. The molecular formula is C9H14N2NaO9P. The second-order valence-corrected chi connectivity index (χ2v) is 5.59. The minimum atomic E-state index is -4.76. The molecule has 1 aliphatic heterocycles. The van der Waals surface area contributed by atoms with Crippen molar-refractivity contribution in [3.8, 4) is 0 Å². The molecule has 1 saturated heterocycles. The van der Waals surface area contributed by atoms with Crippen LogP contribution in [0.25, 0.3) is 0 Å². The van der Waals surface area contributed by atoms with Crippen LogP contribution in [0.4, 0.5) is 0 Å². The predicted octanol–water partition coefficient (Wildman–Crippen LogP) is -5.62. The van der Waals surface area contributed by atoms with Crippen LogP contribution in [0.5, 0.6) is 0 Å². The second kappa shape index (κ2) is 7.49. The molecule has 0 aromatic carbocycles. The fraction of sp³-hybridized carbons (Fsp3) is 0.556. The molecule has 4 atom stereocenters. The number of aliphatic hydroxyl groups is 2. The molecule has 2 unspecified atom stereocenters. The van der Waals surface area contributed by atoms with E-state index in [0.29, 0.717) is 0 Å². The van der Waals surface area contributed by atoms with Crippen molar-refractivity contribution < 1.29 is 64.8 Å². The van der Waals surface area contributed by atoms with Crippen LogP contribution in [-0.2, 0) is 13.8 Å². The van der Waals surface area contributed by atoms with E-state index in [0.717, 1.165) is 16.8 Å². The van der Waals surface area contributed by atoms with Crippen LogP contribution in [0.15, 0.2) is 21.9 Å². The van der Waals surface area contributed by atoms with E-state index in [1.54, 1.807) is 0 Å². The number of ether oxygens (including phenoxy) is 1. The van der Waals surface area contributed by atoms with Crippen molar-refractivity contribution in [2.24, 2.45) is 0 Å².